The highest BCUT2D eigenvalue weighted by Crippen LogP contribution is 2.29. The van der Waals surface area contributed by atoms with Gasteiger partial charge in [-0.1, -0.05) is 17.7 Å². The number of hydrogen-bond acceptors (Lipinski definition) is 2. The summed E-state index contributed by atoms with van der Waals surface area (Å²) in [4.78, 5) is 2.55. The first-order valence-corrected chi connectivity index (χ1v) is 7.94. The van der Waals surface area contributed by atoms with Gasteiger partial charge < -0.3 is 10.2 Å². The van der Waals surface area contributed by atoms with E-state index in [1.807, 2.05) is 0 Å². The van der Waals surface area contributed by atoms with E-state index in [1.165, 1.54) is 55.5 Å². The van der Waals surface area contributed by atoms with Crippen molar-refractivity contribution in [3.05, 3.63) is 33.8 Å². The number of hydrogen-bond donors (Lipinski definition) is 1. The molecule has 0 atom stereocenters. The second-order valence-electron chi connectivity index (χ2n) is 5.76. The molecule has 2 nitrogen and oxygen atoms in total. The van der Waals surface area contributed by atoms with Gasteiger partial charge in [-0.2, -0.15) is 0 Å². The largest absolute Gasteiger partial charge is 0.314 e. The quantitative estimate of drug-likeness (QED) is 0.915. The van der Waals surface area contributed by atoms with E-state index >= 15 is 0 Å². The summed E-state index contributed by atoms with van der Waals surface area (Å²) in [5.74, 6) is 0. The Balaban J connectivity index is 1.65. The van der Waals surface area contributed by atoms with E-state index in [-0.39, 0.29) is 0 Å². The van der Waals surface area contributed by atoms with E-state index in [1.54, 1.807) is 0 Å². The molecule has 0 amide bonds. The van der Waals surface area contributed by atoms with Crippen LogP contribution in [0, 0.1) is 0 Å². The Bertz CT molecular complexity index is 439. The number of nitrogens with zero attached hydrogens (tertiary/aromatic N) is 1. The highest BCUT2D eigenvalue weighted by molar-refractivity contribution is 6.31. The van der Waals surface area contributed by atoms with E-state index < -0.39 is 0 Å². The van der Waals surface area contributed by atoms with Gasteiger partial charge in [0.1, 0.15) is 0 Å². The zero-order valence-electron chi connectivity index (χ0n) is 11.6. The molecule has 1 aromatic rings. The van der Waals surface area contributed by atoms with Crippen LogP contribution < -0.4 is 5.32 Å². The Morgan fingerprint density at radius 2 is 1.89 bits per heavy atom. The standard InChI is InChI=1S/C16H23ClN2/c17-16-12-13(5-8-19-9-6-18-7-10-19)11-14-3-1-2-4-15(14)16/h11-12,18H,1-10H2. The van der Waals surface area contributed by atoms with Crippen LogP contribution in [0.1, 0.15) is 29.5 Å². The summed E-state index contributed by atoms with van der Waals surface area (Å²) in [5.41, 5.74) is 4.34. The zero-order valence-corrected chi connectivity index (χ0v) is 12.3. The SMILES string of the molecule is Clc1cc(CCN2CCNCC2)cc2c1CCCC2. The molecule has 1 fully saturated rings. The number of rotatable bonds is 3. The second kappa shape index (κ2) is 6.25. The molecule has 1 heterocycles. The third-order valence-corrected chi connectivity index (χ3v) is 4.73. The van der Waals surface area contributed by atoms with Crippen molar-refractivity contribution in [2.45, 2.75) is 32.1 Å². The van der Waals surface area contributed by atoms with Crippen LogP contribution in [-0.4, -0.2) is 37.6 Å². The van der Waals surface area contributed by atoms with Gasteiger partial charge in [0.05, 0.1) is 0 Å². The maximum atomic E-state index is 6.45. The summed E-state index contributed by atoms with van der Waals surface area (Å²) in [7, 11) is 0. The van der Waals surface area contributed by atoms with Gasteiger partial charge in [0.2, 0.25) is 0 Å². The van der Waals surface area contributed by atoms with Gasteiger partial charge in [0.15, 0.2) is 0 Å². The molecule has 1 aromatic carbocycles. The molecule has 104 valence electrons. The summed E-state index contributed by atoms with van der Waals surface area (Å²) in [5, 5.41) is 4.41. The van der Waals surface area contributed by atoms with Gasteiger partial charge in [-0.3, -0.25) is 0 Å². The average Bonchev–Trinajstić information content (AvgIpc) is 2.46. The van der Waals surface area contributed by atoms with Gasteiger partial charge in [-0.05, 0) is 54.9 Å². The van der Waals surface area contributed by atoms with E-state index in [2.05, 4.69) is 22.3 Å². The lowest BCUT2D eigenvalue weighted by molar-refractivity contribution is 0.244. The van der Waals surface area contributed by atoms with Crippen molar-refractivity contribution in [3.63, 3.8) is 0 Å². The predicted molar refractivity (Wildman–Crippen MR) is 81.1 cm³/mol. The normalized spacial score (nSPS) is 20.3. The summed E-state index contributed by atoms with van der Waals surface area (Å²) in [6.45, 7) is 5.78. The smallest absolute Gasteiger partial charge is 0.0443 e. The minimum absolute atomic E-state index is 1.01. The Hall–Kier alpha value is -0.570. The Morgan fingerprint density at radius 3 is 2.74 bits per heavy atom. The van der Waals surface area contributed by atoms with E-state index in [9.17, 15) is 0 Å². The number of piperazine rings is 1. The zero-order chi connectivity index (χ0) is 13.1. The molecule has 1 aliphatic heterocycles. The van der Waals surface area contributed by atoms with Gasteiger partial charge in [0, 0.05) is 37.7 Å². The third kappa shape index (κ3) is 3.31. The molecule has 1 aliphatic carbocycles. The van der Waals surface area contributed by atoms with Crippen molar-refractivity contribution < 1.29 is 0 Å². The Morgan fingerprint density at radius 1 is 1.11 bits per heavy atom. The van der Waals surface area contributed by atoms with Gasteiger partial charge in [-0.15, -0.1) is 0 Å². The molecule has 0 spiro atoms. The number of benzene rings is 1. The lowest BCUT2D eigenvalue weighted by atomic mass is 9.90. The molecule has 0 radical (unpaired) electrons. The fraction of sp³-hybridized carbons (Fsp3) is 0.625. The van der Waals surface area contributed by atoms with E-state index in [4.69, 9.17) is 11.6 Å². The van der Waals surface area contributed by atoms with Crippen LogP contribution in [0.5, 0.6) is 0 Å². The van der Waals surface area contributed by atoms with Crippen molar-refractivity contribution >= 4 is 11.6 Å². The lowest BCUT2D eigenvalue weighted by Gasteiger charge is -2.27. The van der Waals surface area contributed by atoms with Gasteiger partial charge >= 0.3 is 0 Å². The van der Waals surface area contributed by atoms with Crippen molar-refractivity contribution in [1.82, 2.24) is 10.2 Å². The van der Waals surface area contributed by atoms with Crippen molar-refractivity contribution in [2.24, 2.45) is 0 Å². The maximum Gasteiger partial charge on any atom is 0.0443 e. The van der Waals surface area contributed by atoms with Crippen LogP contribution in [0.4, 0.5) is 0 Å². The molecule has 0 saturated carbocycles. The van der Waals surface area contributed by atoms with Crippen LogP contribution in [0.25, 0.3) is 0 Å². The lowest BCUT2D eigenvalue weighted by Crippen LogP contribution is -2.44. The molecule has 3 rings (SSSR count). The first-order chi connectivity index (χ1) is 9.33. The summed E-state index contributed by atoms with van der Waals surface area (Å²) < 4.78 is 0. The molecular weight excluding hydrogens is 256 g/mol. The fourth-order valence-corrected chi connectivity index (χ4v) is 3.60. The molecule has 0 aromatic heterocycles. The first kappa shape index (κ1) is 13.4. The van der Waals surface area contributed by atoms with Crippen LogP contribution in [0.15, 0.2) is 12.1 Å². The van der Waals surface area contributed by atoms with Gasteiger partial charge in [-0.25, -0.2) is 0 Å². The molecular formula is C16H23ClN2. The van der Waals surface area contributed by atoms with Crippen LogP contribution in [-0.2, 0) is 19.3 Å². The number of nitrogens with one attached hydrogen (secondary N) is 1. The topological polar surface area (TPSA) is 15.3 Å². The Kier molecular flexibility index (Phi) is 4.42. The van der Waals surface area contributed by atoms with Crippen molar-refractivity contribution in [3.8, 4) is 0 Å². The summed E-state index contributed by atoms with van der Waals surface area (Å²) >= 11 is 6.45. The summed E-state index contributed by atoms with van der Waals surface area (Å²) in [6.07, 6.45) is 6.15. The summed E-state index contributed by atoms with van der Waals surface area (Å²) in [6, 6.07) is 4.61. The minimum atomic E-state index is 1.01. The van der Waals surface area contributed by atoms with Crippen molar-refractivity contribution in [2.75, 3.05) is 32.7 Å². The fourth-order valence-electron chi connectivity index (χ4n) is 3.24. The minimum Gasteiger partial charge on any atom is -0.314 e. The highest BCUT2D eigenvalue weighted by Gasteiger charge is 2.14. The highest BCUT2D eigenvalue weighted by atomic mass is 35.5. The predicted octanol–water partition coefficient (Wildman–Crippen LogP) is 2.67. The third-order valence-electron chi connectivity index (χ3n) is 4.40. The Labute approximate surface area is 121 Å². The van der Waals surface area contributed by atoms with Crippen molar-refractivity contribution in [1.29, 1.82) is 0 Å². The number of fused-ring (bicyclic) bond motifs is 1. The van der Waals surface area contributed by atoms with Crippen LogP contribution in [0.2, 0.25) is 5.02 Å². The van der Waals surface area contributed by atoms with E-state index in [0.717, 1.165) is 31.1 Å². The first-order valence-electron chi connectivity index (χ1n) is 7.56. The van der Waals surface area contributed by atoms with E-state index in [0.29, 0.717) is 0 Å². The molecule has 19 heavy (non-hydrogen) atoms. The number of aryl methyl sites for hydroxylation is 1. The monoisotopic (exact) mass is 278 g/mol. The molecule has 0 unspecified atom stereocenters. The van der Waals surface area contributed by atoms with Crippen LogP contribution >= 0.6 is 11.6 Å². The molecule has 1 saturated heterocycles. The molecule has 0 bridgehead atoms. The molecule has 3 heteroatoms. The maximum absolute atomic E-state index is 6.45. The second-order valence-corrected chi connectivity index (χ2v) is 6.17. The molecule has 1 N–H and O–H groups in total. The molecule has 2 aliphatic rings. The van der Waals surface area contributed by atoms with Crippen LogP contribution in [0.3, 0.4) is 0 Å². The van der Waals surface area contributed by atoms with Gasteiger partial charge in [0.25, 0.3) is 0 Å². The number of halogens is 1. The average molecular weight is 279 g/mol.